The molecule has 0 saturated carbocycles. The highest BCUT2D eigenvalue weighted by Gasteiger charge is 2.55. The number of ether oxygens (including phenoxy) is 1. The van der Waals surface area contributed by atoms with Crippen molar-refractivity contribution in [1.82, 2.24) is 14.9 Å². The van der Waals surface area contributed by atoms with Crippen molar-refractivity contribution in [3.05, 3.63) is 47.8 Å². The molecule has 140 valence electrons. The van der Waals surface area contributed by atoms with Gasteiger partial charge in [0.05, 0.1) is 17.6 Å². The number of amides is 1. The zero-order chi connectivity index (χ0) is 19.0. The highest BCUT2D eigenvalue weighted by molar-refractivity contribution is 5.94. The Bertz CT molecular complexity index is 886. The van der Waals surface area contributed by atoms with E-state index >= 15 is 0 Å². The normalized spacial score (nSPS) is 23.6. The second-order valence-electron chi connectivity index (χ2n) is 6.98. The molecule has 1 fully saturated rings. The first kappa shape index (κ1) is 17.3. The Kier molecular flexibility index (Phi) is 4.18. The summed E-state index contributed by atoms with van der Waals surface area (Å²) < 4.78 is 5.87. The van der Waals surface area contributed by atoms with Crippen LogP contribution in [0.5, 0.6) is 5.75 Å². The van der Waals surface area contributed by atoms with Crippen LogP contribution in [0.2, 0.25) is 0 Å². The van der Waals surface area contributed by atoms with Gasteiger partial charge in [0, 0.05) is 38.4 Å². The van der Waals surface area contributed by atoms with Crippen LogP contribution < -0.4 is 10.1 Å². The molecule has 2 atom stereocenters. The molecule has 1 aromatic heterocycles. The van der Waals surface area contributed by atoms with Crippen molar-refractivity contribution in [2.45, 2.75) is 6.42 Å². The second-order valence-corrected chi connectivity index (χ2v) is 6.98. The van der Waals surface area contributed by atoms with E-state index in [4.69, 9.17) is 4.74 Å². The average molecular weight is 368 g/mol. The Morgan fingerprint density at radius 1 is 1.30 bits per heavy atom. The van der Waals surface area contributed by atoms with Gasteiger partial charge in [0.25, 0.3) is 5.91 Å². The van der Waals surface area contributed by atoms with Crippen LogP contribution in [0.1, 0.15) is 15.9 Å². The average Bonchev–Trinajstić information content (AvgIpc) is 2.98. The van der Waals surface area contributed by atoms with Crippen LogP contribution in [0, 0.1) is 11.3 Å². The van der Waals surface area contributed by atoms with Crippen molar-refractivity contribution in [2.24, 2.45) is 11.3 Å². The summed E-state index contributed by atoms with van der Waals surface area (Å²) in [6.07, 6.45) is 3.24. The SMILES string of the molecule is CNc1ncc(C(=O)N2C[C@@H]3COc4ccccc4C[C@]3(C(=O)O)C2)cn1. The number of aliphatic carboxylic acids is 1. The number of aromatic nitrogens is 2. The molecule has 2 aliphatic rings. The third-order valence-corrected chi connectivity index (χ3v) is 5.45. The smallest absolute Gasteiger partial charge is 0.312 e. The molecule has 1 saturated heterocycles. The lowest BCUT2D eigenvalue weighted by atomic mass is 9.74. The molecule has 1 amide bonds. The maximum Gasteiger partial charge on any atom is 0.312 e. The standard InChI is InChI=1S/C19H20N4O4/c1-20-18-21-7-13(8-22-18)16(24)23-9-14-10-27-15-5-3-2-4-12(15)6-19(14,11-23)17(25)26/h2-5,7-8,14H,6,9-11H2,1H3,(H,25,26)(H,20,21,22)/t14-,19+/m1/s1. The van der Waals surface area contributed by atoms with Crippen molar-refractivity contribution >= 4 is 17.8 Å². The third kappa shape index (κ3) is 2.87. The Morgan fingerprint density at radius 2 is 2.04 bits per heavy atom. The summed E-state index contributed by atoms with van der Waals surface area (Å²) in [5, 5.41) is 12.9. The molecule has 0 radical (unpaired) electrons. The quantitative estimate of drug-likeness (QED) is 0.841. The maximum atomic E-state index is 12.9. The van der Waals surface area contributed by atoms with Crippen LogP contribution in [0.3, 0.4) is 0 Å². The summed E-state index contributed by atoms with van der Waals surface area (Å²) in [5.41, 5.74) is 0.138. The van der Waals surface area contributed by atoms with E-state index in [-0.39, 0.29) is 25.0 Å². The lowest BCUT2D eigenvalue weighted by Crippen LogP contribution is -2.42. The first-order chi connectivity index (χ1) is 13.0. The summed E-state index contributed by atoms with van der Waals surface area (Å²) in [6, 6.07) is 7.49. The van der Waals surface area contributed by atoms with Gasteiger partial charge < -0.3 is 20.1 Å². The molecule has 2 aromatic rings. The monoisotopic (exact) mass is 368 g/mol. The number of nitrogens with one attached hydrogen (secondary N) is 1. The van der Waals surface area contributed by atoms with E-state index in [2.05, 4.69) is 15.3 Å². The van der Waals surface area contributed by atoms with Gasteiger partial charge in [0.2, 0.25) is 5.95 Å². The van der Waals surface area contributed by atoms with Gasteiger partial charge in [-0.3, -0.25) is 9.59 Å². The highest BCUT2D eigenvalue weighted by Crippen LogP contribution is 2.44. The number of carbonyl (C=O) groups excluding carboxylic acids is 1. The van der Waals surface area contributed by atoms with Crippen molar-refractivity contribution in [2.75, 3.05) is 32.1 Å². The lowest BCUT2D eigenvalue weighted by Gasteiger charge is -2.27. The fraction of sp³-hybridized carbons (Fsp3) is 0.368. The van der Waals surface area contributed by atoms with Crippen LogP contribution in [-0.2, 0) is 11.2 Å². The topological polar surface area (TPSA) is 105 Å². The van der Waals surface area contributed by atoms with E-state index in [0.717, 1.165) is 11.3 Å². The van der Waals surface area contributed by atoms with E-state index < -0.39 is 11.4 Å². The molecule has 2 N–H and O–H groups in total. The zero-order valence-corrected chi connectivity index (χ0v) is 14.9. The predicted octanol–water partition coefficient (Wildman–Crippen LogP) is 1.30. The molecule has 0 aliphatic carbocycles. The number of fused-ring (bicyclic) bond motifs is 2. The number of benzene rings is 1. The van der Waals surface area contributed by atoms with Crippen molar-refractivity contribution in [1.29, 1.82) is 0 Å². The van der Waals surface area contributed by atoms with Crippen LogP contribution in [0.4, 0.5) is 5.95 Å². The fourth-order valence-electron chi connectivity index (χ4n) is 3.93. The number of hydrogen-bond acceptors (Lipinski definition) is 6. The first-order valence-corrected chi connectivity index (χ1v) is 8.76. The Balaban J connectivity index is 1.63. The highest BCUT2D eigenvalue weighted by atomic mass is 16.5. The number of likely N-dealkylation sites (tertiary alicyclic amines) is 1. The van der Waals surface area contributed by atoms with Crippen molar-refractivity contribution in [3.8, 4) is 5.75 Å². The van der Waals surface area contributed by atoms with E-state index in [1.807, 2.05) is 24.3 Å². The number of carbonyl (C=O) groups is 2. The molecule has 4 rings (SSSR count). The van der Waals surface area contributed by atoms with Gasteiger partial charge in [0.1, 0.15) is 5.75 Å². The molecule has 0 spiro atoms. The lowest BCUT2D eigenvalue weighted by molar-refractivity contribution is -0.150. The van der Waals surface area contributed by atoms with Crippen LogP contribution >= 0.6 is 0 Å². The Morgan fingerprint density at radius 3 is 2.74 bits per heavy atom. The summed E-state index contributed by atoms with van der Waals surface area (Å²) >= 11 is 0. The minimum absolute atomic E-state index is 0.136. The molecule has 2 aliphatic heterocycles. The number of hydrogen-bond donors (Lipinski definition) is 2. The van der Waals surface area contributed by atoms with Crippen LogP contribution in [0.25, 0.3) is 0 Å². The number of anilines is 1. The molecule has 8 nitrogen and oxygen atoms in total. The summed E-state index contributed by atoms with van der Waals surface area (Å²) in [6.45, 7) is 0.729. The van der Waals surface area contributed by atoms with Gasteiger partial charge >= 0.3 is 5.97 Å². The van der Waals surface area contributed by atoms with Gasteiger partial charge in [-0.2, -0.15) is 0 Å². The number of carboxylic acid groups (broad SMARTS) is 1. The third-order valence-electron chi connectivity index (χ3n) is 5.45. The minimum atomic E-state index is -1.06. The summed E-state index contributed by atoms with van der Waals surface area (Å²) in [7, 11) is 1.69. The van der Waals surface area contributed by atoms with Crippen molar-refractivity contribution < 1.29 is 19.4 Å². The maximum absolute atomic E-state index is 12.9. The molecule has 0 unspecified atom stereocenters. The largest absolute Gasteiger partial charge is 0.493 e. The van der Waals surface area contributed by atoms with Gasteiger partial charge in [-0.1, -0.05) is 18.2 Å². The van der Waals surface area contributed by atoms with Crippen LogP contribution in [0.15, 0.2) is 36.7 Å². The summed E-state index contributed by atoms with van der Waals surface area (Å²) in [4.78, 5) is 34.9. The minimum Gasteiger partial charge on any atom is -0.493 e. The van der Waals surface area contributed by atoms with Gasteiger partial charge in [-0.05, 0) is 18.1 Å². The predicted molar refractivity (Wildman–Crippen MR) is 96.7 cm³/mol. The molecule has 27 heavy (non-hydrogen) atoms. The molecule has 1 aromatic carbocycles. The first-order valence-electron chi connectivity index (χ1n) is 8.76. The molecular weight excluding hydrogens is 348 g/mol. The van der Waals surface area contributed by atoms with Crippen molar-refractivity contribution in [3.63, 3.8) is 0 Å². The van der Waals surface area contributed by atoms with Gasteiger partial charge in [0.15, 0.2) is 0 Å². The molecule has 8 heteroatoms. The fourth-order valence-corrected chi connectivity index (χ4v) is 3.93. The number of nitrogens with zero attached hydrogens (tertiary/aromatic N) is 3. The second kappa shape index (κ2) is 6.53. The zero-order valence-electron chi connectivity index (χ0n) is 14.9. The molecular formula is C19H20N4O4. The van der Waals surface area contributed by atoms with E-state index in [9.17, 15) is 14.7 Å². The van der Waals surface area contributed by atoms with E-state index in [1.54, 1.807) is 11.9 Å². The summed E-state index contributed by atoms with van der Waals surface area (Å²) in [5.74, 6) is -0.306. The molecule has 0 bridgehead atoms. The van der Waals surface area contributed by atoms with E-state index in [0.29, 0.717) is 24.5 Å². The van der Waals surface area contributed by atoms with E-state index in [1.165, 1.54) is 12.4 Å². The number of rotatable bonds is 3. The Hall–Kier alpha value is -3.16. The number of para-hydroxylation sites is 1. The number of carboxylic acids is 1. The molecule has 3 heterocycles. The van der Waals surface area contributed by atoms with Gasteiger partial charge in [-0.25, -0.2) is 9.97 Å². The van der Waals surface area contributed by atoms with Crippen LogP contribution in [-0.4, -0.2) is 58.6 Å². The van der Waals surface area contributed by atoms with Gasteiger partial charge in [-0.15, -0.1) is 0 Å². The Labute approximate surface area is 156 Å².